The minimum absolute atomic E-state index is 1.08. The molecule has 0 saturated heterocycles. The van der Waals surface area contributed by atoms with E-state index in [-0.39, 0.29) is 0 Å². The first-order valence-electron chi connectivity index (χ1n) is 14.2. The molecule has 1 nitrogen and oxygen atoms in total. The highest BCUT2D eigenvalue weighted by molar-refractivity contribution is 9.10. The fraction of sp³-hybridized carbons (Fsp3) is 0. The van der Waals surface area contributed by atoms with Crippen molar-refractivity contribution in [3.63, 3.8) is 0 Å². The molecule has 0 aliphatic heterocycles. The van der Waals surface area contributed by atoms with E-state index in [2.05, 4.69) is 178 Å². The van der Waals surface area contributed by atoms with Crippen LogP contribution in [0.15, 0.2) is 162 Å². The normalized spacial score (nSPS) is 11.5. The third-order valence-corrected chi connectivity index (χ3v) is 8.73. The van der Waals surface area contributed by atoms with Crippen LogP contribution in [-0.2, 0) is 0 Å². The van der Waals surface area contributed by atoms with Gasteiger partial charge in [0.15, 0.2) is 0 Å². The van der Waals surface area contributed by atoms with Crippen molar-refractivity contribution in [2.75, 3.05) is 0 Å². The van der Waals surface area contributed by atoms with Crippen LogP contribution in [-0.4, -0.2) is 4.57 Å². The van der Waals surface area contributed by atoms with Gasteiger partial charge in [-0.25, -0.2) is 0 Å². The minimum Gasteiger partial charge on any atom is -0.309 e. The summed E-state index contributed by atoms with van der Waals surface area (Å²) in [6.07, 6.45) is 0. The van der Waals surface area contributed by atoms with Crippen molar-refractivity contribution in [1.82, 2.24) is 4.57 Å². The summed E-state index contributed by atoms with van der Waals surface area (Å²) in [4.78, 5) is 0. The van der Waals surface area contributed by atoms with Crippen molar-refractivity contribution < 1.29 is 0 Å². The lowest BCUT2D eigenvalue weighted by atomic mass is 9.93. The predicted octanol–water partition coefficient (Wildman–Crippen LogP) is 11.7. The molecule has 0 N–H and O–H groups in total. The van der Waals surface area contributed by atoms with E-state index < -0.39 is 0 Å². The molecule has 198 valence electrons. The van der Waals surface area contributed by atoms with Gasteiger partial charge in [0.25, 0.3) is 0 Å². The zero-order valence-corrected chi connectivity index (χ0v) is 24.4. The molecule has 8 rings (SSSR count). The highest BCUT2D eigenvalue weighted by Crippen LogP contribution is 2.38. The van der Waals surface area contributed by atoms with Crippen molar-refractivity contribution in [3.8, 4) is 39.1 Å². The Morgan fingerprint density at radius 2 is 1.00 bits per heavy atom. The summed E-state index contributed by atoms with van der Waals surface area (Å²) in [7, 11) is 0. The van der Waals surface area contributed by atoms with Crippen LogP contribution < -0.4 is 0 Å². The Morgan fingerprint density at radius 1 is 0.381 bits per heavy atom. The van der Waals surface area contributed by atoms with Gasteiger partial charge in [0.2, 0.25) is 0 Å². The quantitative estimate of drug-likeness (QED) is 0.189. The zero-order valence-electron chi connectivity index (χ0n) is 22.8. The van der Waals surface area contributed by atoms with Crippen LogP contribution in [0.25, 0.3) is 71.6 Å². The molecule has 0 aliphatic carbocycles. The number of nitrogens with zero attached hydrogens (tertiary/aromatic N) is 1. The SMILES string of the molecule is Brc1ccc2c(c1)c1ccccc1n2-c1cc(-c2ccc(-c3ccccc3)cc2)cc(-c2cccc3ccccc23)c1. The lowest BCUT2D eigenvalue weighted by Gasteiger charge is -2.15. The molecule has 0 amide bonds. The molecule has 0 radical (unpaired) electrons. The molecule has 2 heteroatoms. The van der Waals surface area contributed by atoms with E-state index in [4.69, 9.17) is 0 Å². The van der Waals surface area contributed by atoms with Gasteiger partial charge in [0, 0.05) is 20.9 Å². The van der Waals surface area contributed by atoms with Crippen LogP contribution >= 0.6 is 15.9 Å². The van der Waals surface area contributed by atoms with Gasteiger partial charge in [-0.15, -0.1) is 0 Å². The maximum absolute atomic E-state index is 3.70. The summed E-state index contributed by atoms with van der Waals surface area (Å²) in [5.74, 6) is 0. The zero-order chi connectivity index (χ0) is 28.0. The van der Waals surface area contributed by atoms with E-state index in [1.54, 1.807) is 0 Å². The molecule has 0 aliphatic rings. The highest BCUT2D eigenvalue weighted by atomic mass is 79.9. The van der Waals surface area contributed by atoms with Gasteiger partial charge in [-0.1, -0.05) is 131 Å². The molecule has 0 atom stereocenters. The standard InChI is InChI=1S/C40H26BrN/c41-33-21-22-40-38(26-33)37-14-6-7-16-39(37)42(40)34-24-31(29-19-17-28(18-20-29)27-9-2-1-3-10-27)23-32(25-34)36-15-8-12-30-11-4-5-13-35(30)36/h1-26H. The lowest BCUT2D eigenvalue weighted by Crippen LogP contribution is -1.96. The molecule has 42 heavy (non-hydrogen) atoms. The number of hydrogen-bond donors (Lipinski definition) is 0. The lowest BCUT2D eigenvalue weighted by molar-refractivity contribution is 1.18. The van der Waals surface area contributed by atoms with E-state index in [0.717, 1.165) is 10.2 Å². The van der Waals surface area contributed by atoms with Gasteiger partial charge in [-0.3, -0.25) is 0 Å². The van der Waals surface area contributed by atoms with Crippen molar-refractivity contribution in [3.05, 3.63) is 162 Å². The third-order valence-electron chi connectivity index (χ3n) is 8.24. The van der Waals surface area contributed by atoms with Crippen molar-refractivity contribution in [2.45, 2.75) is 0 Å². The predicted molar refractivity (Wildman–Crippen MR) is 182 cm³/mol. The van der Waals surface area contributed by atoms with E-state index in [1.165, 1.54) is 66.0 Å². The fourth-order valence-electron chi connectivity index (χ4n) is 6.25. The average molecular weight is 601 g/mol. The monoisotopic (exact) mass is 599 g/mol. The summed E-state index contributed by atoms with van der Waals surface area (Å²) in [6, 6.07) is 57.1. The van der Waals surface area contributed by atoms with Gasteiger partial charge in [0.1, 0.15) is 0 Å². The summed E-state index contributed by atoms with van der Waals surface area (Å²) >= 11 is 3.70. The topological polar surface area (TPSA) is 4.93 Å². The Hall–Kier alpha value is -4.92. The third kappa shape index (κ3) is 4.24. The van der Waals surface area contributed by atoms with E-state index >= 15 is 0 Å². The number of rotatable bonds is 4. The Balaban J connectivity index is 1.39. The Morgan fingerprint density at radius 3 is 1.83 bits per heavy atom. The summed E-state index contributed by atoms with van der Waals surface area (Å²) in [5.41, 5.74) is 10.8. The maximum Gasteiger partial charge on any atom is 0.0541 e. The van der Waals surface area contributed by atoms with Crippen LogP contribution in [0.2, 0.25) is 0 Å². The highest BCUT2D eigenvalue weighted by Gasteiger charge is 2.15. The molecule has 0 spiro atoms. The Labute approximate surface area is 253 Å². The largest absolute Gasteiger partial charge is 0.309 e. The fourth-order valence-corrected chi connectivity index (χ4v) is 6.61. The second-order valence-electron chi connectivity index (χ2n) is 10.8. The Kier molecular flexibility index (Phi) is 6.01. The maximum atomic E-state index is 3.70. The molecular weight excluding hydrogens is 574 g/mol. The first kappa shape index (κ1) is 24.8. The van der Waals surface area contributed by atoms with Gasteiger partial charge in [-0.2, -0.15) is 0 Å². The van der Waals surface area contributed by atoms with E-state index in [9.17, 15) is 0 Å². The van der Waals surface area contributed by atoms with Crippen LogP contribution in [0.4, 0.5) is 0 Å². The molecular formula is C40H26BrN. The summed E-state index contributed by atoms with van der Waals surface area (Å²) in [6.45, 7) is 0. The van der Waals surface area contributed by atoms with Crippen molar-refractivity contribution in [2.24, 2.45) is 0 Å². The number of halogens is 1. The summed E-state index contributed by atoms with van der Waals surface area (Å²) in [5, 5.41) is 4.99. The molecule has 1 heterocycles. The molecule has 0 bridgehead atoms. The smallest absolute Gasteiger partial charge is 0.0541 e. The van der Waals surface area contributed by atoms with Crippen LogP contribution in [0.5, 0.6) is 0 Å². The second-order valence-corrected chi connectivity index (χ2v) is 11.7. The van der Waals surface area contributed by atoms with Gasteiger partial charge >= 0.3 is 0 Å². The summed E-state index contributed by atoms with van der Waals surface area (Å²) < 4.78 is 3.50. The van der Waals surface area contributed by atoms with Crippen LogP contribution in [0, 0.1) is 0 Å². The molecule has 7 aromatic carbocycles. The van der Waals surface area contributed by atoms with E-state index in [0.29, 0.717) is 0 Å². The number of benzene rings is 7. The van der Waals surface area contributed by atoms with Gasteiger partial charge in [0.05, 0.1) is 11.0 Å². The average Bonchev–Trinajstić information content (AvgIpc) is 3.38. The van der Waals surface area contributed by atoms with E-state index in [1.807, 2.05) is 0 Å². The molecule has 1 aromatic heterocycles. The molecule has 0 fully saturated rings. The Bertz CT molecular complexity index is 2240. The van der Waals surface area contributed by atoms with Crippen molar-refractivity contribution >= 4 is 48.5 Å². The molecule has 8 aromatic rings. The van der Waals surface area contributed by atoms with Crippen LogP contribution in [0.3, 0.4) is 0 Å². The van der Waals surface area contributed by atoms with Crippen molar-refractivity contribution in [1.29, 1.82) is 0 Å². The van der Waals surface area contributed by atoms with Gasteiger partial charge < -0.3 is 4.57 Å². The molecule has 0 saturated carbocycles. The first-order valence-corrected chi connectivity index (χ1v) is 15.0. The van der Waals surface area contributed by atoms with Crippen LogP contribution in [0.1, 0.15) is 0 Å². The number of fused-ring (bicyclic) bond motifs is 4. The minimum atomic E-state index is 1.08. The second kappa shape index (κ2) is 10.2. The first-order chi connectivity index (χ1) is 20.7. The number of hydrogen-bond acceptors (Lipinski definition) is 0. The number of para-hydroxylation sites is 1. The number of aromatic nitrogens is 1. The molecule has 0 unspecified atom stereocenters. The van der Waals surface area contributed by atoms with Gasteiger partial charge in [-0.05, 0) is 86.6 Å².